The van der Waals surface area contributed by atoms with Gasteiger partial charge in [0.1, 0.15) is 5.82 Å². The van der Waals surface area contributed by atoms with Gasteiger partial charge in [-0.25, -0.2) is 4.39 Å². The van der Waals surface area contributed by atoms with Gasteiger partial charge in [0.2, 0.25) is 0 Å². The van der Waals surface area contributed by atoms with E-state index in [1.807, 2.05) is 37.3 Å². The first-order valence-corrected chi connectivity index (χ1v) is 7.70. The number of likely N-dealkylation sites (N-methyl/N-ethyl adjacent to an activating group) is 1. The highest BCUT2D eigenvalue weighted by Gasteiger charge is 2.16. The first kappa shape index (κ1) is 15.5. The lowest BCUT2D eigenvalue weighted by atomic mass is 9.98. The smallest absolute Gasteiger partial charge is 0.137 e. The zero-order valence-corrected chi connectivity index (χ0v) is 13.5. The molecule has 0 saturated heterocycles. The summed E-state index contributed by atoms with van der Waals surface area (Å²) >= 11 is 9.24. The quantitative estimate of drug-likeness (QED) is 0.782. The molecule has 0 radical (unpaired) electrons. The minimum atomic E-state index is -0.235. The second kappa shape index (κ2) is 7.21. The highest BCUT2D eigenvalue weighted by atomic mass is 79.9. The van der Waals surface area contributed by atoms with Crippen molar-refractivity contribution in [2.45, 2.75) is 19.4 Å². The van der Waals surface area contributed by atoms with Crippen LogP contribution in [-0.2, 0) is 6.42 Å². The van der Waals surface area contributed by atoms with Crippen molar-refractivity contribution in [1.29, 1.82) is 0 Å². The summed E-state index contributed by atoms with van der Waals surface area (Å²) in [4.78, 5) is 0. The number of benzene rings is 2. The normalized spacial score (nSPS) is 12.4. The van der Waals surface area contributed by atoms with Crippen molar-refractivity contribution in [1.82, 2.24) is 5.32 Å². The summed E-state index contributed by atoms with van der Waals surface area (Å²) in [6.07, 6.45) is 0.785. The molecule has 0 fully saturated rings. The van der Waals surface area contributed by atoms with Gasteiger partial charge in [-0.2, -0.15) is 0 Å². The summed E-state index contributed by atoms with van der Waals surface area (Å²) in [5, 5.41) is 4.12. The Morgan fingerprint density at radius 3 is 2.55 bits per heavy atom. The lowest BCUT2D eigenvalue weighted by Gasteiger charge is -2.20. The predicted octanol–water partition coefficient (Wildman–Crippen LogP) is 5.13. The van der Waals surface area contributed by atoms with Gasteiger partial charge in [-0.3, -0.25) is 0 Å². The summed E-state index contributed by atoms with van der Waals surface area (Å²) in [6.45, 7) is 2.86. The Morgan fingerprint density at radius 1 is 1.20 bits per heavy atom. The fourth-order valence-electron chi connectivity index (χ4n) is 2.18. The molecule has 0 aliphatic heterocycles. The fraction of sp³-hybridized carbons (Fsp3) is 0.250. The van der Waals surface area contributed by atoms with E-state index in [1.54, 1.807) is 6.07 Å². The van der Waals surface area contributed by atoms with E-state index in [-0.39, 0.29) is 11.9 Å². The number of halogens is 3. The molecular weight excluding hydrogens is 341 g/mol. The molecule has 0 aromatic heterocycles. The molecule has 106 valence electrons. The third kappa shape index (κ3) is 3.81. The first-order valence-electron chi connectivity index (χ1n) is 6.53. The van der Waals surface area contributed by atoms with Crippen molar-refractivity contribution in [2.75, 3.05) is 6.54 Å². The predicted molar refractivity (Wildman–Crippen MR) is 85.7 cm³/mol. The van der Waals surface area contributed by atoms with Crippen molar-refractivity contribution in [3.05, 3.63) is 68.9 Å². The summed E-state index contributed by atoms with van der Waals surface area (Å²) < 4.78 is 14.2. The van der Waals surface area contributed by atoms with Gasteiger partial charge >= 0.3 is 0 Å². The first-order chi connectivity index (χ1) is 9.61. The summed E-state index contributed by atoms with van der Waals surface area (Å²) in [5.74, 6) is -0.235. The van der Waals surface area contributed by atoms with Crippen LogP contribution in [0.25, 0.3) is 0 Å². The molecule has 0 saturated carbocycles. The molecule has 20 heavy (non-hydrogen) atoms. The number of nitrogens with one attached hydrogen (secondary N) is 1. The van der Waals surface area contributed by atoms with Crippen LogP contribution in [0.1, 0.15) is 24.1 Å². The van der Waals surface area contributed by atoms with Gasteiger partial charge in [0.05, 0.1) is 4.47 Å². The van der Waals surface area contributed by atoms with Crippen LogP contribution in [0.3, 0.4) is 0 Å². The van der Waals surface area contributed by atoms with Crippen LogP contribution in [0.15, 0.2) is 46.9 Å². The summed E-state index contributed by atoms with van der Waals surface area (Å²) in [6, 6.07) is 12.9. The molecule has 0 spiro atoms. The van der Waals surface area contributed by atoms with Crippen molar-refractivity contribution < 1.29 is 4.39 Å². The van der Waals surface area contributed by atoms with E-state index < -0.39 is 0 Å². The Kier molecular flexibility index (Phi) is 5.58. The maximum absolute atomic E-state index is 13.7. The van der Waals surface area contributed by atoms with Crippen molar-refractivity contribution in [2.24, 2.45) is 0 Å². The van der Waals surface area contributed by atoms with Crippen molar-refractivity contribution in [3.63, 3.8) is 0 Å². The van der Waals surface area contributed by atoms with Crippen molar-refractivity contribution in [3.8, 4) is 0 Å². The van der Waals surface area contributed by atoms with Gasteiger partial charge < -0.3 is 5.32 Å². The highest BCUT2D eigenvalue weighted by Crippen LogP contribution is 2.28. The molecule has 2 aromatic rings. The Balaban J connectivity index is 2.26. The zero-order valence-electron chi connectivity index (χ0n) is 11.2. The van der Waals surface area contributed by atoms with E-state index in [2.05, 4.69) is 21.2 Å². The second-order valence-corrected chi connectivity index (χ2v) is 5.81. The van der Waals surface area contributed by atoms with E-state index in [4.69, 9.17) is 11.6 Å². The zero-order chi connectivity index (χ0) is 14.5. The van der Waals surface area contributed by atoms with Crippen LogP contribution in [0.2, 0.25) is 5.02 Å². The Hall–Kier alpha value is -0.900. The monoisotopic (exact) mass is 355 g/mol. The minimum absolute atomic E-state index is 0.0613. The number of rotatable bonds is 5. The third-order valence-electron chi connectivity index (χ3n) is 3.16. The van der Waals surface area contributed by atoms with E-state index in [0.29, 0.717) is 4.47 Å². The molecular formula is C16H16BrClFN. The third-order valence-corrected chi connectivity index (χ3v) is 4.25. The van der Waals surface area contributed by atoms with Gasteiger partial charge in [-0.15, -0.1) is 0 Å². The molecule has 1 N–H and O–H groups in total. The molecule has 4 heteroatoms. The highest BCUT2D eigenvalue weighted by molar-refractivity contribution is 9.10. The van der Waals surface area contributed by atoms with Gasteiger partial charge in [-0.05, 0) is 58.2 Å². The molecule has 0 heterocycles. The average Bonchev–Trinajstić information content (AvgIpc) is 2.44. The molecule has 0 aliphatic carbocycles. The van der Waals surface area contributed by atoms with E-state index in [9.17, 15) is 4.39 Å². The second-order valence-electron chi connectivity index (χ2n) is 4.58. The molecule has 2 rings (SSSR count). The minimum Gasteiger partial charge on any atom is -0.310 e. The fourth-order valence-corrected chi connectivity index (χ4v) is 2.85. The van der Waals surface area contributed by atoms with Crippen LogP contribution in [0.5, 0.6) is 0 Å². The van der Waals surface area contributed by atoms with Crippen LogP contribution >= 0.6 is 27.5 Å². The summed E-state index contributed by atoms with van der Waals surface area (Å²) in [7, 11) is 0. The molecule has 1 atom stereocenters. The van der Waals surface area contributed by atoms with Crippen LogP contribution < -0.4 is 5.32 Å². The van der Waals surface area contributed by atoms with E-state index in [1.165, 1.54) is 6.07 Å². The lowest BCUT2D eigenvalue weighted by molar-refractivity contribution is 0.539. The SMILES string of the molecule is CCNC(Cc1ccc(Cl)cc1)c1cccc(F)c1Br. The number of hydrogen-bond acceptors (Lipinski definition) is 1. The molecule has 0 aliphatic rings. The van der Waals surface area contributed by atoms with Gasteiger partial charge in [0, 0.05) is 11.1 Å². The van der Waals surface area contributed by atoms with E-state index >= 15 is 0 Å². The van der Waals surface area contributed by atoms with Crippen molar-refractivity contribution >= 4 is 27.5 Å². The van der Waals surface area contributed by atoms with Gasteiger partial charge in [0.15, 0.2) is 0 Å². The molecule has 2 aromatic carbocycles. The Labute approximate surface area is 132 Å². The summed E-state index contributed by atoms with van der Waals surface area (Å²) in [5.41, 5.74) is 2.10. The van der Waals surface area contributed by atoms with Crippen LogP contribution in [0.4, 0.5) is 4.39 Å². The maximum Gasteiger partial charge on any atom is 0.137 e. The molecule has 0 bridgehead atoms. The maximum atomic E-state index is 13.7. The van der Waals surface area contributed by atoms with Crippen LogP contribution in [-0.4, -0.2) is 6.54 Å². The molecule has 0 amide bonds. The van der Waals surface area contributed by atoms with Crippen LogP contribution in [0, 0.1) is 5.82 Å². The van der Waals surface area contributed by atoms with Gasteiger partial charge in [-0.1, -0.05) is 42.8 Å². The van der Waals surface area contributed by atoms with Gasteiger partial charge in [0.25, 0.3) is 0 Å². The average molecular weight is 357 g/mol. The Bertz CT molecular complexity index is 571. The standard InChI is InChI=1S/C16H16BrClFN/c1-2-20-15(10-11-6-8-12(18)9-7-11)13-4-3-5-14(19)16(13)17/h3-9,15,20H,2,10H2,1H3. The molecule has 1 nitrogen and oxygen atoms in total. The molecule has 1 unspecified atom stereocenters. The Morgan fingerprint density at radius 2 is 1.90 bits per heavy atom. The van der Waals surface area contributed by atoms with E-state index in [0.717, 1.165) is 29.1 Å². The lowest BCUT2D eigenvalue weighted by Crippen LogP contribution is -2.23. The largest absolute Gasteiger partial charge is 0.310 e. The topological polar surface area (TPSA) is 12.0 Å². The number of hydrogen-bond donors (Lipinski definition) is 1.